The normalized spacial score (nSPS) is 10.6. The van der Waals surface area contributed by atoms with Gasteiger partial charge in [-0.3, -0.25) is 14.9 Å². The van der Waals surface area contributed by atoms with E-state index in [0.717, 1.165) is 10.2 Å². The second-order valence-corrected chi connectivity index (χ2v) is 5.17. The minimum Gasteiger partial charge on any atom is -0.399 e. The van der Waals surface area contributed by atoms with E-state index in [-0.39, 0.29) is 17.0 Å². The third kappa shape index (κ3) is 2.39. The van der Waals surface area contributed by atoms with E-state index in [9.17, 15) is 9.59 Å². The number of nitrogens with two attached hydrogens (primary N) is 1. The molecule has 3 aromatic rings. The van der Waals surface area contributed by atoms with Gasteiger partial charge in [0.05, 0.1) is 10.2 Å². The Hall–Kier alpha value is -2.67. The fourth-order valence-electron chi connectivity index (χ4n) is 1.75. The highest BCUT2D eigenvalue weighted by Crippen LogP contribution is 2.27. The number of nitrogen functional groups attached to an aromatic ring is 1. The van der Waals surface area contributed by atoms with Crippen molar-refractivity contribution in [3.05, 3.63) is 52.4 Å². The molecule has 0 aliphatic rings. The van der Waals surface area contributed by atoms with Crippen LogP contribution >= 0.6 is 11.3 Å². The molecule has 2 aromatic heterocycles. The Morgan fingerprint density at radius 2 is 2.15 bits per heavy atom. The number of aromatic nitrogens is 2. The number of H-pyrrole nitrogens is 1. The summed E-state index contributed by atoms with van der Waals surface area (Å²) in [7, 11) is 0. The molecule has 7 heteroatoms. The van der Waals surface area contributed by atoms with E-state index in [4.69, 9.17) is 5.73 Å². The summed E-state index contributed by atoms with van der Waals surface area (Å²) in [5.41, 5.74) is 7.07. The number of amides is 1. The van der Waals surface area contributed by atoms with Crippen LogP contribution in [0.3, 0.4) is 0 Å². The maximum Gasteiger partial charge on any atom is 0.257 e. The van der Waals surface area contributed by atoms with Gasteiger partial charge in [0.1, 0.15) is 0 Å². The average Bonchev–Trinajstić information content (AvgIpc) is 2.80. The summed E-state index contributed by atoms with van der Waals surface area (Å²) in [5.74, 6) is -0.372. The molecule has 100 valence electrons. The Balaban J connectivity index is 1.89. The molecule has 0 radical (unpaired) electrons. The van der Waals surface area contributed by atoms with Gasteiger partial charge in [-0.1, -0.05) is 11.3 Å². The minimum absolute atomic E-state index is 0.285. The van der Waals surface area contributed by atoms with Crippen LogP contribution in [0.4, 0.5) is 10.8 Å². The molecule has 4 N–H and O–H groups in total. The first-order chi connectivity index (χ1) is 9.61. The molecule has 0 aliphatic heterocycles. The molecular weight excluding hydrogens is 276 g/mol. The molecule has 1 amide bonds. The number of nitrogens with zero attached hydrogens (tertiary/aromatic N) is 1. The number of hydrogen-bond acceptors (Lipinski definition) is 5. The predicted molar refractivity (Wildman–Crippen MR) is 79.0 cm³/mol. The van der Waals surface area contributed by atoms with E-state index in [2.05, 4.69) is 15.3 Å². The van der Waals surface area contributed by atoms with Crippen LogP contribution in [-0.2, 0) is 0 Å². The fourth-order valence-corrected chi connectivity index (χ4v) is 2.66. The number of aromatic amines is 1. The number of pyridine rings is 1. The summed E-state index contributed by atoms with van der Waals surface area (Å²) < 4.78 is 0.895. The molecule has 0 bridgehead atoms. The van der Waals surface area contributed by atoms with Gasteiger partial charge < -0.3 is 10.7 Å². The monoisotopic (exact) mass is 286 g/mol. The molecular formula is C13H10N4O2S. The van der Waals surface area contributed by atoms with Gasteiger partial charge in [0.15, 0.2) is 5.13 Å². The van der Waals surface area contributed by atoms with Crippen LogP contribution in [0.2, 0.25) is 0 Å². The zero-order chi connectivity index (χ0) is 14.1. The molecule has 3 rings (SSSR count). The first-order valence-corrected chi connectivity index (χ1v) is 6.59. The lowest BCUT2D eigenvalue weighted by molar-refractivity contribution is 0.102. The summed E-state index contributed by atoms with van der Waals surface area (Å²) >= 11 is 1.33. The molecule has 6 nitrogen and oxygen atoms in total. The van der Waals surface area contributed by atoms with Crippen molar-refractivity contribution in [3.63, 3.8) is 0 Å². The van der Waals surface area contributed by atoms with E-state index in [1.165, 1.54) is 29.7 Å². The minimum atomic E-state index is -0.372. The molecule has 0 saturated carbocycles. The van der Waals surface area contributed by atoms with Crippen molar-refractivity contribution in [1.29, 1.82) is 0 Å². The molecule has 0 atom stereocenters. The van der Waals surface area contributed by atoms with Crippen LogP contribution in [0.25, 0.3) is 10.2 Å². The topological polar surface area (TPSA) is 101 Å². The number of nitrogens with one attached hydrogen (secondary N) is 2. The average molecular weight is 286 g/mol. The van der Waals surface area contributed by atoms with Gasteiger partial charge in [-0.2, -0.15) is 0 Å². The zero-order valence-corrected chi connectivity index (χ0v) is 11.0. The van der Waals surface area contributed by atoms with Crippen LogP contribution in [0.1, 0.15) is 10.4 Å². The summed E-state index contributed by atoms with van der Waals surface area (Å²) in [6, 6.07) is 8.12. The van der Waals surface area contributed by atoms with Crippen LogP contribution in [0.5, 0.6) is 0 Å². The maximum atomic E-state index is 12.0. The van der Waals surface area contributed by atoms with E-state index >= 15 is 0 Å². The largest absolute Gasteiger partial charge is 0.399 e. The third-order valence-corrected chi connectivity index (χ3v) is 3.60. The first-order valence-electron chi connectivity index (χ1n) is 5.78. The van der Waals surface area contributed by atoms with Crippen LogP contribution in [-0.4, -0.2) is 15.9 Å². The maximum absolute atomic E-state index is 12.0. The van der Waals surface area contributed by atoms with Gasteiger partial charge in [0, 0.05) is 23.5 Å². The molecule has 0 aliphatic carbocycles. The smallest absolute Gasteiger partial charge is 0.257 e. The summed E-state index contributed by atoms with van der Waals surface area (Å²) in [4.78, 5) is 29.9. The number of carbonyl (C=O) groups is 1. The highest BCUT2D eigenvalue weighted by molar-refractivity contribution is 7.22. The Morgan fingerprint density at radius 3 is 2.95 bits per heavy atom. The van der Waals surface area contributed by atoms with Crippen LogP contribution in [0.15, 0.2) is 41.3 Å². The van der Waals surface area contributed by atoms with Gasteiger partial charge in [-0.15, -0.1) is 0 Å². The van der Waals surface area contributed by atoms with Crippen molar-refractivity contribution in [2.24, 2.45) is 0 Å². The summed E-state index contributed by atoms with van der Waals surface area (Å²) in [6.07, 6.45) is 1.43. The Bertz CT molecular complexity index is 853. The van der Waals surface area contributed by atoms with Gasteiger partial charge in [-0.05, 0) is 24.3 Å². The van der Waals surface area contributed by atoms with Gasteiger partial charge in [0.2, 0.25) is 5.56 Å². The molecule has 2 heterocycles. The molecule has 0 saturated heterocycles. The Labute approximate surface area is 117 Å². The molecule has 20 heavy (non-hydrogen) atoms. The summed E-state index contributed by atoms with van der Waals surface area (Å²) in [6.45, 7) is 0. The SMILES string of the molecule is Nc1ccc2nc(NC(=O)c3cc[nH]c(=O)c3)sc2c1. The number of carbonyl (C=O) groups excluding carboxylic acids is 1. The number of benzene rings is 1. The number of fused-ring (bicyclic) bond motifs is 1. The first kappa shape index (κ1) is 12.4. The number of rotatable bonds is 2. The molecule has 1 aromatic carbocycles. The molecule has 0 unspecified atom stereocenters. The summed E-state index contributed by atoms with van der Waals surface area (Å²) in [5, 5.41) is 3.14. The van der Waals surface area contributed by atoms with Crippen molar-refractivity contribution in [2.45, 2.75) is 0 Å². The second kappa shape index (κ2) is 4.78. The standard InChI is InChI=1S/C13H10N4O2S/c14-8-1-2-9-10(6-8)20-13(16-9)17-12(19)7-3-4-15-11(18)5-7/h1-6H,14H2,(H,15,18)(H,16,17,19). The quantitative estimate of drug-likeness (QED) is 0.625. The molecule has 0 fully saturated rings. The third-order valence-electron chi connectivity index (χ3n) is 2.67. The zero-order valence-electron chi connectivity index (χ0n) is 10.2. The number of anilines is 2. The van der Waals surface area contributed by atoms with Crippen LogP contribution < -0.4 is 16.6 Å². The van der Waals surface area contributed by atoms with E-state index in [1.54, 1.807) is 18.2 Å². The predicted octanol–water partition coefficient (Wildman–Crippen LogP) is 1.82. The lowest BCUT2D eigenvalue weighted by Gasteiger charge is -1.99. The lowest BCUT2D eigenvalue weighted by atomic mass is 10.2. The van der Waals surface area contributed by atoms with Gasteiger partial charge >= 0.3 is 0 Å². The van der Waals surface area contributed by atoms with Gasteiger partial charge in [0.25, 0.3) is 5.91 Å². The Kier molecular flexibility index (Phi) is 2.96. The van der Waals surface area contributed by atoms with Crippen LogP contribution in [0, 0.1) is 0 Å². The lowest BCUT2D eigenvalue weighted by Crippen LogP contribution is -2.15. The van der Waals surface area contributed by atoms with Gasteiger partial charge in [-0.25, -0.2) is 4.98 Å². The Morgan fingerprint density at radius 1 is 1.30 bits per heavy atom. The van der Waals surface area contributed by atoms with Crippen molar-refractivity contribution in [1.82, 2.24) is 9.97 Å². The number of thiazole rings is 1. The second-order valence-electron chi connectivity index (χ2n) is 4.14. The molecule has 0 spiro atoms. The van der Waals surface area contributed by atoms with E-state index < -0.39 is 0 Å². The van der Waals surface area contributed by atoms with Crippen molar-refractivity contribution in [2.75, 3.05) is 11.1 Å². The van der Waals surface area contributed by atoms with Crippen molar-refractivity contribution < 1.29 is 4.79 Å². The van der Waals surface area contributed by atoms with Crippen molar-refractivity contribution in [3.8, 4) is 0 Å². The highest BCUT2D eigenvalue weighted by Gasteiger charge is 2.10. The van der Waals surface area contributed by atoms with E-state index in [0.29, 0.717) is 10.8 Å². The highest BCUT2D eigenvalue weighted by atomic mass is 32.1. The number of hydrogen-bond donors (Lipinski definition) is 3. The van der Waals surface area contributed by atoms with E-state index in [1.807, 2.05) is 0 Å². The fraction of sp³-hybridized carbons (Fsp3) is 0. The van der Waals surface area contributed by atoms with Crippen molar-refractivity contribution >= 4 is 38.3 Å².